The minimum atomic E-state index is -3.45. The van der Waals surface area contributed by atoms with Crippen molar-refractivity contribution in [3.63, 3.8) is 0 Å². The van der Waals surface area contributed by atoms with Crippen molar-refractivity contribution in [3.8, 4) is 0 Å². The van der Waals surface area contributed by atoms with Gasteiger partial charge in [0, 0.05) is 13.3 Å². The Bertz CT molecular complexity index is 108. The molecule has 0 aromatic rings. The average Bonchev–Trinajstić information content (AvgIpc) is 1.61. The lowest BCUT2D eigenvalue weighted by atomic mass is 10.1. The number of hydrogen-bond donors (Lipinski definition) is 0. The SMILES string of the molecule is C.C.C.C.CCCC(F)(Cl)C(C)(F)F. The Morgan fingerprint density at radius 3 is 1.36 bits per heavy atom. The average molecular weight is 239 g/mol. The van der Waals surface area contributed by atoms with Crippen molar-refractivity contribution in [2.45, 2.75) is 67.4 Å². The maximum Gasteiger partial charge on any atom is 0.292 e. The normalized spacial score (nSPS) is 13.3. The van der Waals surface area contributed by atoms with E-state index in [9.17, 15) is 13.2 Å². The summed E-state index contributed by atoms with van der Waals surface area (Å²) in [6.07, 6.45) is -0.0124. The van der Waals surface area contributed by atoms with E-state index in [0.717, 1.165) is 0 Å². The maximum atomic E-state index is 12.6. The summed E-state index contributed by atoms with van der Waals surface area (Å²) < 4.78 is 37.0. The van der Waals surface area contributed by atoms with E-state index in [1.165, 1.54) is 0 Å². The van der Waals surface area contributed by atoms with Crippen molar-refractivity contribution in [3.05, 3.63) is 0 Å². The molecule has 0 saturated carbocycles. The first kappa shape index (κ1) is 29.2. The highest BCUT2D eigenvalue weighted by molar-refractivity contribution is 6.23. The van der Waals surface area contributed by atoms with Crippen LogP contribution in [0, 0.1) is 0 Å². The van der Waals surface area contributed by atoms with Gasteiger partial charge in [0.25, 0.3) is 5.92 Å². The van der Waals surface area contributed by atoms with Gasteiger partial charge in [-0.3, -0.25) is 0 Å². The van der Waals surface area contributed by atoms with E-state index in [1.54, 1.807) is 6.92 Å². The third kappa shape index (κ3) is 8.67. The van der Waals surface area contributed by atoms with Crippen LogP contribution in [0.3, 0.4) is 0 Å². The Kier molecular flexibility index (Phi) is 20.1. The van der Waals surface area contributed by atoms with Crippen LogP contribution in [0.1, 0.15) is 56.4 Å². The van der Waals surface area contributed by atoms with Crippen LogP contribution in [0.25, 0.3) is 0 Å². The molecule has 0 aromatic carbocycles. The van der Waals surface area contributed by atoms with Crippen LogP contribution in [0.15, 0.2) is 0 Å². The van der Waals surface area contributed by atoms with Crippen LogP contribution in [0.2, 0.25) is 0 Å². The Morgan fingerprint density at radius 2 is 1.29 bits per heavy atom. The van der Waals surface area contributed by atoms with Crippen molar-refractivity contribution >= 4 is 11.6 Å². The number of alkyl halides is 4. The minimum Gasteiger partial charge on any atom is -0.220 e. The summed E-state index contributed by atoms with van der Waals surface area (Å²) in [5, 5.41) is -2.87. The van der Waals surface area contributed by atoms with Gasteiger partial charge < -0.3 is 0 Å². The molecule has 0 nitrogen and oxygen atoms in total. The molecule has 0 amide bonds. The summed E-state index contributed by atoms with van der Waals surface area (Å²) in [6.45, 7) is 2.08. The highest BCUT2D eigenvalue weighted by Crippen LogP contribution is 2.39. The molecule has 0 radical (unpaired) electrons. The largest absolute Gasteiger partial charge is 0.292 e. The molecule has 0 heterocycles. The van der Waals surface area contributed by atoms with Gasteiger partial charge in [0.1, 0.15) is 0 Å². The van der Waals surface area contributed by atoms with Gasteiger partial charge in [0.15, 0.2) is 0 Å². The van der Waals surface area contributed by atoms with Gasteiger partial charge in [-0.15, -0.1) is 0 Å². The number of rotatable bonds is 3. The van der Waals surface area contributed by atoms with Crippen LogP contribution < -0.4 is 0 Å². The second-order valence-electron chi connectivity index (χ2n) is 2.34. The molecule has 0 aromatic heterocycles. The predicted molar refractivity (Wildman–Crippen MR) is 62.1 cm³/mol. The molecule has 0 aliphatic carbocycles. The monoisotopic (exact) mass is 238 g/mol. The molecular formula is C10H26ClF3. The van der Waals surface area contributed by atoms with Crippen molar-refractivity contribution in [2.75, 3.05) is 0 Å². The van der Waals surface area contributed by atoms with Crippen LogP contribution in [-0.2, 0) is 0 Å². The van der Waals surface area contributed by atoms with Gasteiger partial charge >= 0.3 is 0 Å². The third-order valence-electron chi connectivity index (χ3n) is 1.21. The van der Waals surface area contributed by atoms with Crippen molar-refractivity contribution in [1.29, 1.82) is 0 Å². The molecule has 0 aliphatic heterocycles. The molecule has 0 N–H and O–H groups in total. The van der Waals surface area contributed by atoms with Gasteiger partial charge in [-0.1, -0.05) is 54.7 Å². The molecule has 0 bridgehead atoms. The highest BCUT2D eigenvalue weighted by atomic mass is 35.5. The molecule has 4 heteroatoms. The Morgan fingerprint density at radius 1 is 1.00 bits per heavy atom. The van der Waals surface area contributed by atoms with E-state index in [1.807, 2.05) is 0 Å². The molecule has 0 aliphatic rings. The van der Waals surface area contributed by atoms with Gasteiger partial charge in [0.05, 0.1) is 0 Å². The lowest BCUT2D eigenvalue weighted by Crippen LogP contribution is -2.36. The number of hydrogen-bond acceptors (Lipinski definition) is 0. The van der Waals surface area contributed by atoms with Crippen LogP contribution in [-0.4, -0.2) is 11.1 Å². The second kappa shape index (κ2) is 9.63. The van der Waals surface area contributed by atoms with E-state index in [0.29, 0.717) is 13.3 Å². The van der Waals surface area contributed by atoms with Crippen LogP contribution >= 0.6 is 11.6 Å². The summed E-state index contributed by atoms with van der Waals surface area (Å²) >= 11 is 4.90. The zero-order valence-corrected chi connectivity index (χ0v) is 6.68. The highest BCUT2D eigenvalue weighted by Gasteiger charge is 2.48. The summed E-state index contributed by atoms with van der Waals surface area (Å²) in [5.41, 5.74) is 0. The van der Waals surface area contributed by atoms with Crippen molar-refractivity contribution in [1.82, 2.24) is 0 Å². The van der Waals surface area contributed by atoms with E-state index < -0.39 is 11.1 Å². The Hall–Kier alpha value is 0.0800. The summed E-state index contributed by atoms with van der Waals surface area (Å²) in [7, 11) is 0. The maximum absolute atomic E-state index is 12.6. The molecule has 1 atom stereocenters. The summed E-state index contributed by atoms with van der Waals surface area (Å²) in [5.74, 6) is -3.45. The predicted octanol–water partition coefficient (Wildman–Crippen LogP) is 5.89. The molecular weight excluding hydrogens is 213 g/mol. The molecule has 14 heavy (non-hydrogen) atoms. The van der Waals surface area contributed by atoms with Gasteiger partial charge in [-0.25, -0.2) is 13.2 Å². The molecule has 0 saturated heterocycles. The van der Waals surface area contributed by atoms with Crippen LogP contribution in [0.4, 0.5) is 13.2 Å². The fraction of sp³-hybridized carbons (Fsp3) is 1.00. The number of halogens is 4. The fourth-order valence-electron chi connectivity index (χ4n) is 0.533. The molecule has 1 unspecified atom stereocenters. The Balaban J connectivity index is -0.0000000675. The second-order valence-corrected chi connectivity index (χ2v) is 2.94. The fourth-order valence-corrected chi connectivity index (χ4v) is 0.722. The lowest BCUT2D eigenvalue weighted by Gasteiger charge is -2.23. The quantitative estimate of drug-likeness (QED) is 0.538. The third-order valence-corrected chi connectivity index (χ3v) is 1.73. The van der Waals surface area contributed by atoms with Gasteiger partial charge in [-0.05, 0) is 0 Å². The topological polar surface area (TPSA) is 0 Å². The standard InChI is InChI=1S/C6H10ClF3.4CH4/c1-3-4-6(7,10)5(2,8)9;;;;/h3-4H2,1-2H3;4*1H4. The van der Waals surface area contributed by atoms with E-state index in [2.05, 4.69) is 0 Å². The Labute approximate surface area is 92.8 Å². The molecule has 94 valence electrons. The van der Waals surface area contributed by atoms with E-state index in [-0.39, 0.29) is 36.1 Å². The first-order chi connectivity index (χ1) is 4.31. The minimum absolute atomic E-state index is 0. The molecule has 0 rings (SSSR count). The van der Waals surface area contributed by atoms with Gasteiger partial charge in [0.2, 0.25) is 5.13 Å². The summed E-state index contributed by atoms with van der Waals surface area (Å²) in [4.78, 5) is 0. The first-order valence-electron chi connectivity index (χ1n) is 3.07. The van der Waals surface area contributed by atoms with Crippen LogP contribution in [0.5, 0.6) is 0 Å². The van der Waals surface area contributed by atoms with E-state index >= 15 is 0 Å². The van der Waals surface area contributed by atoms with Crippen molar-refractivity contribution < 1.29 is 13.2 Å². The zero-order chi connectivity index (χ0) is 8.41. The van der Waals surface area contributed by atoms with E-state index in [4.69, 9.17) is 11.6 Å². The lowest BCUT2D eigenvalue weighted by molar-refractivity contribution is -0.0818. The smallest absolute Gasteiger partial charge is 0.220 e. The molecule has 0 fully saturated rings. The van der Waals surface area contributed by atoms with Crippen molar-refractivity contribution in [2.24, 2.45) is 0 Å². The molecule has 0 spiro atoms. The summed E-state index contributed by atoms with van der Waals surface area (Å²) in [6, 6.07) is 0. The zero-order valence-electron chi connectivity index (χ0n) is 5.93. The first-order valence-corrected chi connectivity index (χ1v) is 3.44. The van der Waals surface area contributed by atoms with Gasteiger partial charge in [-0.2, -0.15) is 0 Å².